The molecule has 0 radical (unpaired) electrons. The lowest BCUT2D eigenvalue weighted by Gasteiger charge is -2.27. The largest absolute Gasteiger partial charge is 0.380 e. The van der Waals surface area contributed by atoms with Crippen LogP contribution in [0.3, 0.4) is 0 Å². The molecule has 3 heteroatoms. The van der Waals surface area contributed by atoms with Gasteiger partial charge in [0.05, 0.1) is 6.61 Å². The number of hydrogen-bond donors (Lipinski definition) is 1. The van der Waals surface area contributed by atoms with Crippen LogP contribution < -0.4 is 5.32 Å². The Morgan fingerprint density at radius 2 is 2.12 bits per heavy atom. The van der Waals surface area contributed by atoms with Crippen molar-refractivity contribution in [2.45, 2.75) is 52.1 Å². The van der Waals surface area contributed by atoms with Gasteiger partial charge in [-0.1, -0.05) is 6.92 Å². The van der Waals surface area contributed by atoms with Crippen molar-refractivity contribution < 1.29 is 4.74 Å². The predicted octanol–water partition coefficient (Wildman–Crippen LogP) is 1.88. The van der Waals surface area contributed by atoms with Crippen LogP contribution >= 0.6 is 0 Å². The van der Waals surface area contributed by atoms with Crippen LogP contribution in [0.4, 0.5) is 0 Å². The van der Waals surface area contributed by atoms with Gasteiger partial charge >= 0.3 is 0 Å². The number of hydrogen-bond acceptors (Lipinski definition) is 3. The highest BCUT2D eigenvalue weighted by Crippen LogP contribution is 2.18. The van der Waals surface area contributed by atoms with Gasteiger partial charge in [0.25, 0.3) is 0 Å². The smallest absolute Gasteiger partial charge is 0.0593 e. The fourth-order valence-electron chi connectivity index (χ4n) is 1.98. The third kappa shape index (κ3) is 5.83. The van der Waals surface area contributed by atoms with Gasteiger partial charge in [-0.15, -0.1) is 0 Å². The van der Waals surface area contributed by atoms with Crippen molar-refractivity contribution in [1.82, 2.24) is 10.2 Å². The van der Waals surface area contributed by atoms with Gasteiger partial charge in [-0.25, -0.2) is 0 Å². The van der Waals surface area contributed by atoms with E-state index < -0.39 is 0 Å². The zero-order valence-corrected chi connectivity index (χ0v) is 11.2. The normalized spacial score (nSPS) is 18.0. The van der Waals surface area contributed by atoms with Gasteiger partial charge in [0.15, 0.2) is 0 Å². The Bertz CT molecular complexity index is 171. The van der Waals surface area contributed by atoms with Gasteiger partial charge in [-0.3, -0.25) is 4.90 Å². The van der Waals surface area contributed by atoms with Crippen LogP contribution in [-0.4, -0.2) is 49.8 Å². The minimum Gasteiger partial charge on any atom is -0.380 e. The van der Waals surface area contributed by atoms with E-state index in [9.17, 15) is 0 Å². The number of ether oxygens (including phenoxy) is 1. The molecular weight excluding hydrogens is 200 g/mol. The molecule has 1 rings (SSSR count). The second-order valence-electron chi connectivity index (χ2n) is 4.69. The van der Waals surface area contributed by atoms with Gasteiger partial charge in [-0.05, 0) is 46.2 Å². The summed E-state index contributed by atoms with van der Waals surface area (Å²) in [6.45, 7) is 11.7. The molecule has 3 nitrogen and oxygen atoms in total. The zero-order valence-electron chi connectivity index (χ0n) is 11.2. The molecule has 1 aliphatic rings. The highest BCUT2D eigenvalue weighted by atomic mass is 16.5. The lowest BCUT2D eigenvalue weighted by Crippen LogP contribution is -2.37. The maximum absolute atomic E-state index is 5.41. The summed E-state index contributed by atoms with van der Waals surface area (Å²) < 4.78 is 5.41. The quantitative estimate of drug-likeness (QED) is 0.578. The summed E-state index contributed by atoms with van der Waals surface area (Å²) >= 11 is 0. The van der Waals surface area contributed by atoms with Crippen LogP contribution in [0.1, 0.15) is 40.0 Å². The highest BCUT2D eigenvalue weighted by molar-refractivity contribution is 4.81. The van der Waals surface area contributed by atoms with Crippen molar-refractivity contribution in [2.24, 2.45) is 0 Å². The molecule has 1 atom stereocenters. The first-order valence-corrected chi connectivity index (χ1v) is 6.83. The second kappa shape index (κ2) is 8.04. The molecule has 1 fully saturated rings. The van der Waals surface area contributed by atoms with Crippen molar-refractivity contribution >= 4 is 0 Å². The van der Waals surface area contributed by atoms with E-state index in [1.165, 1.54) is 19.3 Å². The molecule has 0 aromatic carbocycles. The number of likely N-dealkylation sites (N-methyl/N-ethyl adjacent to an activating group) is 1. The average Bonchev–Trinajstić information content (AvgIpc) is 3.08. The summed E-state index contributed by atoms with van der Waals surface area (Å²) in [7, 11) is 0. The van der Waals surface area contributed by atoms with E-state index in [0.29, 0.717) is 6.04 Å². The fourth-order valence-corrected chi connectivity index (χ4v) is 1.98. The minimum atomic E-state index is 0.664. The van der Waals surface area contributed by atoms with Gasteiger partial charge in [0, 0.05) is 25.2 Å². The summed E-state index contributed by atoms with van der Waals surface area (Å²) in [6, 6.07) is 1.50. The molecule has 0 amide bonds. The second-order valence-corrected chi connectivity index (χ2v) is 4.69. The Balaban J connectivity index is 2.06. The third-order valence-corrected chi connectivity index (χ3v) is 3.33. The van der Waals surface area contributed by atoms with E-state index >= 15 is 0 Å². The van der Waals surface area contributed by atoms with Gasteiger partial charge in [0.2, 0.25) is 0 Å². The summed E-state index contributed by atoms with van der Waals surface area (Å²) in [4.78, 5) is 2.50. The van der Waals surface area contributed by atoms with E-state index in [1.807, 2.05) is 0 Å². The molecular formula is C13H28N2O. The van der Waals surface area contributed by atoms with Crippen molar-refractivity contribution in [3.05, 3.63) is 0 Å². The molecule has 0 aliphatic heterocycles. The van der Waals surface area contributed by atoms with E-state index in [1.54, 1.807) is 0 Å². The van der Waals surface area contributed by atoms with E-state index in [2.05, 4.69) is 31.0 Å². The van der Waals surface area contributed by atoms with Crippen LogP contribution in [0, 0.1) is 0 Å². The molecule has 16 heavy (non-hydrogen) atoms. The van der Waals surface area contributed by atoms with Crippen LogP contribution in [0.2, 0.25) is 0 Å². The van der Waals surface area contributed by atoms with Gasteiger partial charge < -0.3 is 10.1 Å². The summed E-state index contributed by atoms with van der Waals surface area (Å²) in [5.41, 5.74) is 0. The molecule has 96 valence electrons. The molecule has 0 heterocycles. The third-order valence-electron chi connectivity index (χ3n) is 3.33. The Hall–Kier alpha value is -0.120. The Morgan fingerprint density at radius 3 is 2.69 bits per heavy atom. The number of nitrogens with zero attached hydrogens (tertiary/aromatic N) is 1. The zero-order chi connectivity index (χ0) is 11.8. The summed E-state index contributed by atoms with van der Waals surface area (Å²) in [5.74, 6) is 0. The van der Waals surface area contributed by atoms with Crippen LogP contribution in [0.5, 0.6) is 0 Å². The highest BCUT2D eigenvalue weighted by Gasteiger charge is 2.20. The Labute approximate surface area is 101 Å². The molecule has 1 saturated carbocycles. The van der Waals surface area contributed by atoms with Gasteiger partial charge in [0.1, 0.15) is 0 Å². The lowest BCUT2D eigenvalue weighted by atomic mass is 10.2. The monoisotopic (exact) mass is 228 g/mol. The van der Waals surface area contributed by atoms with Crippen molar-refractivity contribution in [2.75, 3.05) is 32.8 Å². The van der Waals surface area contributed by atoms with E-state index in [-0.39, 0.29) is 0 Å². The summed E-state index contributed by atoms with van der Waals surface area (Å²) in [5, 5.41) is 3.58. The molecule has 0 aromatic heterocycles. The molecule has 0 aromatic rings. The minimum absolute atomic E-state index is 0.664. The first-order valence-electron chi connectivity index (χ1n) is 6.83. The van der Waals surface area contributed by atoms with Crippen LogP contribution in [-0.2, 0) is 4.74 Å². The maximum Gasteiger partial charge on any atom is 0.0593 e. The van der Waals surface area contributed by atoms with Crippen LogP contribution in [0.25, 0.3) is 0 Å². The van der Waals surface area contributed by atoms with E-state index in [4.69, 9.17) is 4.74 Å². The first-order chi connectivity index (χ1) is 7.77. The van der Waals surface area contributed by atoms with E-state index in [0.717, 1.165) is 38.9 Å². The molecule has 0 bridgehead atoms. The number of nitrogens with one attached hydrogen (secondary N) is 1. The average molecular weight is 228 g/mol. The molecule has 0 spiro atoms. The van der Waals surface area contributed by atoms with Crippen molar-refractivity contribution in [1.29, 1.82) is 0 Å². The topological polar surface area (TPSA) is 24.5 Å². The Kier molecular flexibility index (Phi) is 7.01. The lowest BCUT2D eigenvalue weighted by molar-refractivity contribution is 0.0982. The molecule has 1 unspecified atom stereocenters. The maximum atomic E-state index is 5.41. The SMILES string of the molecule is CCOCCN(CC)C(C)CCNC1CC1. The first kappa shape index (κ1) is 13.9. The molecule has 1 aliphatic carbocycles. The fraction of sp³-hybridized carbons (Fsp3) is 1.00. The number of rotatable bonds is 10. The molecule has 1 N–H and O–H groups in total. The van der Waals surface area contributed by atoms with Crippen LogP contribution in [0.15, 0.2) is 0 Å². The molecule has 0 saturated heterocycles. The predicted molar refractivity (Wildman–Crippen MR) is 68.8 cm³/mol. The summed E-state index contributed by atoms with van der Waals surface area (Å²) in [6.07, 6.45) is 4.02. The standard InChI is InChI=1S/C13H28N2O/c1-4-15(10-11-16-5-2)12(3)8-9-14-13-6-7-13/h12-14H,4-11H2,1-3H3. The Morgan fingerprint density at radius 1 is 1.38 bits per heavy atom. The van der Waals surface area contributed by atoms with Gasteiger partial charge in [-0.2, -0.15) is 0 Å². The van der Waals surface area contributed by atoms with Crippen molar-refractivity contribution in [3.63, 3.8) is 0 Å². The van der Waals surface area contributed by atoms with Crippen molar-refractivity contribution in [3.8, 4) is 0 Å².